The molecule has 150 valence electrons. The van der Waals surface area contributed by atoms with Crippen LogP contribution in [-0.4, -0.2) is 36.9 Å². The third-order valence-corrected chi connectivity index (χ3v) is 4.44. The number of carbonyl (C=O) groups is 1. The number of aryl methyl sites for hydroxylation is 1. The maximum absolute atomic E-state index is 12.5. The first-order chi connectivity index (χ1) is 14.0. The van der Waals surface area contributed by atoms with Gasteiger partial charge in [-0.3, -0.25) is 4.79 Å². The number of rotatable bonds is 7. The summed E-state index contributed by atoms with van der Waals surface area (Å²) in [6.07, 6.45) is 0. The molecule has 7 heteroatoms. The second-order valence-corrected chi connectivity index (χ2v) is 6.38. The van der Waals surface area contributed by atoms with Crippen molar-refractivity contribution in [1.82, 2.24) is 10.2 Å². The zero-order valence-electron chi connectivity index (χ0n) is 17.0. The molecule has 1 N–H and O–H groups in total. The van der Waals surface area contributed by atoms with Crippen molar-refractivity contribution in [3.8, 4) is 11.5 Å². The van der Waals surface area contributed by atoms with Crippen LogP contribution in [0.3, 0.4) is 0 Å². The number of ether oxygens (including phenoxy) is 2. The van der Waals surface area contributed by atoms with Crippen molar-refractivity contribution in [3.63, 3.8) is 0 Å². The number of methoxy groups -OCH3 is 2. The van der Waals surface area contributed by atoms with Gasteiger partial charge in [-0.25, -0.2) is 0 Å². The van der Waals surface area contributed by atoms with Crippen LogP contribution >= 0.6 is 0 Å². The van der Waals surface area contributed by atoms with Crippen LogP contribution in [0, 0.1) is 6.92 Å². The molecular weight excluding hydrogens is 368 g/mol. The molecule has 0 aliphatic carbocycles. The fraction of sp³-hybridized carbons (Fsp3) is 0.227. The van der Waals surface area contributed by atoms with E-state index in [-0.39, 0.29) is 5.91 Å². The van der Waals surface area contributed by atoms with E-state index in [1.807, 2.05) is 18.2 Å². The van der Waals surface area contributed by atoms with E-state index in [4.69, 9.17) is 9.47 Å². The Balaban J connectivity index is 1.75. The Morgan fingerprint density at radius 1 is 1.00 bits per heavy atom. The average Bonchev–Trinajstić information content (AvgIpc) is 2.75. The largest absolute Gasteiger partial charge is 0.493 e. The summed E-state index contributed by atoms with van der Waals surface area (Å²) in [5, 5.41) is 11.2. The molecule has 0 fully saturated rings. The first-order valence-electron chi connectivity index (χ1n) is 9.27. The summed E-state index contributed by atoms with van der Waals surface area (Å²) in [7, 11) is 3.07. The summed E-state index contributed by atoms with van der Waals surface area (Å²) in [5.41, 5.74) is 2.65. The molecule has 0 aliphatic heterocycles. The summed E-state index contributed by atoms with van der Waals surface area (Å²) < 4.78 is 10.4. The van der Waals surface area contributed by atoms with Gasteiger partial charge in [-0.2, -0.15) is 0 Å². The molecule has 3 rings (SSSR count). The van der Waals surface area contributed by atoms with Crippen LogP contribution in [0.2, 0.25) is 0 Å². The molecular formula is C22H24N4O3. The zero-order valence-corrected chi connectivity index (χ0v) is 17.0. The third-order valence-electron chi connectivity index (χ3n) is 4.44. The highest BCUT2D eigenvalue weighted by Crippen LogP contribution is 2.28. The summed E-state index contributed by atoms with van der Waals surface area (Å²) in [6.45, 7) is 4.85. The lowest BCUT2D eigenvalue weighted by molar-refractivity contribution is 0.102. The third kappa shape index (κ3) is 4.63. The molecule has 0 spiro atoms. The number of anilines is 3. The molecule has 29 heavy (non-hydrogen) atoms. The Labute approximate surface area is 170 Å². The molecule has 0 bridgehead atoms. The van der Waals surface area contributed by atoms with E-state index in [9.17, 15) is 4.79 Å². The highest BCUT2D eigenvalue weighted by Gasteiger charge is 2.13. The van der Waals surface area contributed by atoms with Crippen molar-refractivity contribution in [2.24, 2.45) is 0 Å². The van der Waals surface area contributed by atoms with Crippen LogP contribution in [0.15, 0.2) is 54.6 Å². The molecule has 1 amide bonds. The van der Waals surface area contributed by atoms with Gasteiger partial charge in [0.25, 0.3) is 5.91 Å². The number of benzene rings is 2. The van der Waals surface area contributed by atoms with E-state index >= 15 is 0 Å². The van der Waals surface area contributed by atoms with Crippen molar-refractivity contribution >= 4 is 23.2 Å². The first kappa shape index (κ1) is 20.1. The summed E-state index contributed by atoms with van der Waals surface area (Å²) >= 11 is 0. The number of aromatic nitrogens is 2. The lowest BCUT2D eigenvalue weighted by Gasteiger charge is -2.22. The van der Waals surface area contributed by atoms with Gasteiger partial charge in [0.2, 0.25) is 0 Å². The average molecular weight is 392 g/mol. The molecule has 0 aliphatic rings. The molecule has 0 saturated carbocycles. The van der Waals surface area contributed by atoms with E-state index in [1.54, 1.807) is 31.4 Å². The van der Waals surface area contributed by atoms with Crippen molar-refractivity contribution in [3.05, 3.63) is 65.7 Å². The first-order valence-corrected chi connectivity index (χ1v) is 9.27. The Morgan fingerprint density at radius 3 is 2.41 bits per heavy atom. The maximum Gasteiger partial charge on any atom is 0.257 e. The van der Waals surface area contributed by atoms with E-state index < -0.39 is 0 Å². The number of hydrogen-bond acceptors (Lipinski definition) is 6. The summed E-state index contributed by atoms with van der Waals surface area (Å²) in [4.78, 5) is 14.6. The fourth-order valence-corrected chi connectivity index (χ4v) is 2.97. The molecule has 0 saturated heterocycles. The number of nitrogens with zero attached hydrogens (tertiary/aromatic N) is 3. The highest BCUT2D eigenvalue weighted by molar-refractivity contribution is 6.04. The summed E-state index contributed by atoms with van der Waals surface area (Å²) in [5.74, 6) is 1.82. The minimum Gasteiger partial charge on any atom is -0.493 e. The number of hydrogen-bond donors (Lipinski definition) is 1. The molecule has 0 unspecified atom stereocenters. The van der Waals surface area contributed by atoms with Gasteiger partial charge in [0.15, 0.2) is 23.1 Å². The molecule has 1 heterocycles. The van der Waals surface area contributed by atoms with Crippen molar-refractivity contribution in [2.75, 3.05) is 31.0 Å². The Kier molecular flexibility index (Phi) is 6.29. The van der Waals surface area contributed by atoms with Gasteiger partial charge in [-0.05, 0) is 61.9 Å². The Morgan fingerprint density at radius 2 is 1.79 bits per heavy atom. The topological polar surface area (TPSA) is 76.6 Å². The number of carbonyl (C=O) groups excluding carboxylic acids is 1. The highest BCUT2D eigenvalue weighted by atomic mass is 16.5. The van der Waals surface area contributed by atoms with Gasteiger partial charge < -0.3 is 19.7 Å². The number of amides is 1. The van der Waals surface area contributed by atoms with Crippen LogP contribution in [0.4, 0.5) is 17.3 Å². The van der Waals surface area contributed by atoms with Crippen LogP contribution in [0.25, 0.3) is 0 Å². The van der Waals surface area contributed by atoms with Crippen LogP contribution in [-0.2, 0) is 0 Å². The minimum absolute atomic E-state index is 0.306. The van der Waals surface area contributed by atoms with Crippen molar-refractivity contribution < 1.29 is 14.3 Å². The molecule has 3 aromatic rings. The van der Waals surface area contributed by atoms with Gasteiger partial charge in [0.1, 0.15) is 0 Å². The monoisotopic (exact) mass is 392 g/mol. The Hall–Kier alpha value is -3.61. The predicted octanol–water partition coefficient (Wildman–Crippen LogP) is 4.21. The van der Waals surface area contributed by atoms with Crippen molar-refractivity contribution in [1.29, 1.82) is 0 Å². The quantitative estimate of drug-likeness (QED) is 0.649. The minimum atomic E-state index is -0.306. The molecule has 1 aromatic heterocycles. The molecule has 0 radical (unpaired) electrons. The van der Waals surface area contributed by atoms with Gasteiger partial charge in [0, 0.05) is 17.8 Å². The van der Waals surface area contributed by atoms with Crippen molar-refractivity contribution in [2.45, 2.75) is 13.8 Å². The second kappa shape index (κ2) is 9.05. The zero-order chi connectivity index (χ0) is 20.8. The van der Waals surface area contributed by atoms with E-state index in [1.165, 1.54) is 12.7 Å². The van der Waals surface area contributed by atoms with Crippen LogP contribution < -0.4 is 19.7 Å². The van der Waals surface area contributed by atoms with Gasteiger partial charge in [-0.15, -0.1) is 10.2 Å². The maximum atomic E-state index is 12.5. The smallest absolute Gasteiger partial charge is 0.257 e. The van der Waals surface area contributed by atoms with Crippen LogP contribution in [0.5, 0.6) is 11.5 Å². The SMILES string of the molecule is CCN(c1cccc(C)c1)c1ccc(NC(=O)c2ccc(OC)c(OC)c2)nn1. The van der Waals surface area contributed by atoms with Gasteiger partial charge in [0.05, 0.1) is 14.2 Å². The standard InChI is InChI=1S/C22H24N4O3/c1-5-26(17-8-6-7-15(2)13-17)21-12-11-20(24-25-21)23-22(27)16-9-10-18(28-3)19(14-16)29-4/h6-14H,5H2,1-4H3,(H,23,24,27). The molecule has 2 aromatic carbocycles. The van der Waals surface area contributed by atoms with Gasteiger partial charge >= 0.3 is 0 Å². The van der Waals surface area contributed by atoms with E-state index in [2.05, 4.69) is 46.4 Å². The van der Waals surface area contributed by atoms with E-state index in [0.717, 1.165) is 12.2 Å². The lowest BCUT2D eigenvalue weighted by Crippen LogP contribution is -2.19. The van der Waals surface area contributed by atoms with Gasteiger partial charge in [-0.1, -0.05) is 12.1 Å². The lowest BCUT2D eigenvalue weighted by atomic mass is 10.2. The molecule has 7 nitrogen and oxygen atoms in total. The predicted molar refractivity (Wildman–Crippen MR) is 113 cm³/mol. The summed E-state index contributed by atoms with van der Waals surface area (Å²) in [6, 6.07) is 16.7. The number of nitrogens with one attached hydrogen (secondary N) is 1. The van der Waals surface area contributed by atoms with E-state index in [0.29, 0.717) is 28.7 Å². The Bertz CT molecular complexity index is 990. The second-order valence-electron chi connectivity index (χ2n) is 6.38. The molecule has 0 atom stereocenters. The normalized spacial score (nSPS) is 10.3. The van der Waals surface area contributed by atoms with Crippen LogP contribution in [0.1, 0.15) is 22.8 Å². The fourth-order valence-electron chi connectivity index (χ4n) is 2.97.